The summed E-state index contributed by atoms with van der Waals surface area (Å²) in [5, 5.41) is 0. The maximum absolute atomic E-state index is 12.7. The van der Waals surface area contributed by atoms with Crippen molar-refractivity contribution >= 4 is 17.9 Å². The number of carbonyl (C=O) groups excluding carboxylic acids is 3. The Balaban J connectivity index is 4.42. The maximum atomic E-state index is 12.7. The number of hydrogen-bond donors (Lipinski definition) is 0. The van der Waals surface area contributed by atoms with Gasteiger partial charge >= 0.3 is 17.9 Å². The van der Waals surface area contributed by atoms with E-state index in [2.05, 4.69) is 57.2 Å². The maximum Gasteiger partial charge on any atom is 0.306 e. The monoisotopic (exact) mass is 717 g/mol. The first kappa shape index (κ1) is 48.6. The normalized spacial score (nSPS) is 12.3. The summed E-state index contributed by atoms with van der Waals surface area (Å²) >= 11 is 0. The number of unbranched alkanes of at least 4 members (excludes halogenated alkanes) is 21. The van der Waals surface area contributed by atoms with Crippen LogP contribution in [0.1, 0.15) is 213 Å². The highest BCUT2D eigenvalue weighted by Gasteiger charge is 2.19. The van der Waals surface area contributed by atoms with E-state index in [1.807, 2.05) is 0 Å². The minimum absolute atomic E-state index is 0.0881. The summed E-state index contributed by atoms with van der Waals surface area (Å²) in [6.45, 7) is 6.50. The fourth-order valence-corrected chi connectivity index (χ4v) is 5.79. The summed E-state index contributed by atoms with van der Waals surface area (Å²) in [4.78, 5) is 37.5. The summed E-state index contributed by atoms with van der Waals surface area (Å²) in [5.41, 5.74) is 0. The van der Waals surface area contributed by atoms with Gasteiger partial charge in [0.2, 0.25) is 0 Å². The van der Waals surface area contributed by atoms with E-state index < -0.39 is 6.10 Å². The van der Waals surface area contributed by atoms with Gasteiger partial charge in [0, 0.05) is 19.3 Å². The largest absolute Gasteiger partial charge is 0.462 e. The summed E-state index contributed by atoms with van der Waals surface area (Å²) in [7, 11) is 0. The molecule has 0 amide bonds. The minimum atomic E-state index is -0.785. The standard InChI is InChI=1S/C45H80O6/c1-4-7-10-13-16-19-21-23-26-29-32-35-38-44(47)50-41-42(40-49-43(46)37-34-31-28-25-18-15-12-9-6-3)51-45(48)39-36-33-30-27-24-22-20-17-14-11-8-5-2/h16-17,19-20,25,28,42H,4-15,18,21-24,26-27,29-41H2,1-3H3/b19-16-,20-17-,28-25-. The Labute approximate surface area is 315 Å². The molecule has 0 bridgehead atoms. The zero-order chi connectivity index (χ0) is 37.3. The molecule has 0 rings (SSSR count). The van der Waals surface area contributed by atoms with E-state index in [1.165, 1.54) is 96.3 Å². The lowest BCUT2D eigenvalue weighted by Gasteiger charge is -2.18. The first-order chi connectivity index (χ1) is 25.0. The van der Waals surface area contributed by atoms with Crippen molar-refractivity contribution < 1.29 is 28.6 Å². The van der Waals surface area contributed by atoms with E-state index in [0.29, 0.717) is 25.7 Å². The number of allylic oxidation sites excluding steroid dienone is 6. The van der Waals surface area contributed by atoms with Crippen molar-refractivity contribution in [2.24, 2.45) is 0 Å². The second-order valence-corrected chi connectivity index (χ2v) is 14.2. The van der Waals surface area contributed by atoms with E-state index in [1.54, 1.807) is 0 Å². The van der Waals surface area contributed by atoms with E-state index in [-0.39, 0.29) is 31.1 Å². The van der Waals surface area contributed by atoms with Crippen molar-refractivity contribution in [3.8, 4) is 0 Å². The third kappa shape index (κ3) is 38.7. The van der Waals surface area contributed by atoms with Gasteiger partial charge in [0.05, 0.1) is 0 Å². The van der Waals surface area contributed by atoms with Crippen molar-refractivity contribution in [1.82, 2.24) is 0 Å². The van der Waals surface area contributed by atoms with Crippen molar-refractivity contribution in [3.63, 3.8) is 0 Å². The van der Waals surface area contributed by atoms with Gasteiger partial charge in [-0.2, -0.15) is 0 Å². The second kappa shape index (κ2) is 40.4. The van der Waals surface area contributed by atoms with Crippen LogP contribution in [-0.4, -0.2) is 37.2 Å². The van der Waals surface area contributed by atoms with Crippen molar-refractivity contribution in [1.29, 1.82) is 0 Å². The van der Waals surface area contributed by atoms with Crippen LogP contribution < -0.4 is 0 Å². The van der Waals surface area contributed by atoms with Crippen LogP contribution in [0.5, 0.6) is 0 Å². The molecule has 0 aromatic carbocycles. The Morgan fingerprint density at radius 3 is 1.10 bits per heavy atom. The van der Waals surface area contributed by atoms with Crippen LogP contribution in [0.4, 0.5) is 0 Å². The fraction of sp³-hybridized carbons (Fsp3) is 0.800. The lowest BCUT2D eigenvalue weighted by atomic mass is 10.1. The van der Waals surface area contributed by atoms with Gasteiger partial charge in [0.25, 0.3) is 0 Å². The van der Waals surface area contributed by atoms with E-state index in [9.17, 15) is 14.4 Å². The van der Waals surface area contributed by atoms with Crippen molar-refractivity contribution in [2.45, 2.75) is 219 Å². The lowest BCUT2D eigenvalue weighted by Crippen LogP contribution is -2.30. The molecule has 0 aliphatic rings. The molecule has 0 saturated carbocycles. The molecular formula is C45H80O6. The number of carbonyl (C=O) groups is 3. The summed E-state index contributed by atoms with van der Waals surface area (Å²) < 4.78 is 16.6. The third-order valence-corrected chi connectivity index (χ3v) is 9.09. The van der Waals surface area contributed by atoms with Gasteiger partial charge < -0.3 is 14.2 Å². The number of esters is 3. The van der Waals surface area contributed by atoms with Gasteiger partial charge in [-0.05, 0) is 89.9 Å². The van der Waals surface area contributed by atoms with E-state index in [4.69, 9.17) is 14.2 Å². The SMILES string of the molecule is CCCCC/C=C\CCCCCCCC(=O)OCC(COC(=O)CCC/C=C\CCCCCC)OC(=O)CCCCCCC/C=C\CCCCC. The molecule has 0 radical (unpaired) electrons. The number of rotatable bonds is 38. The highest BCUT2D eigenvalue weighted by Crippen LogP contribution is 2.12. The zero-order valence-corrected chi connectivity index (χ0v) is 33.6. The van der Waals surface area contributed by atoms with Crippen molar-refractivity contribution in [3.05, 3.63) is 36.5 Å². The van der Waals surface area contributed by atoms with Gasteiger partial charge in [-0.3, -0.25) is 14.4 Å². The van der Waals surface area contributed by atoms with Crippen LogP contribution in [0.15, 0.2) is 36.5 Å². The average Bonchev–Trinajstić information content (AvgIpc) is 3.12. The minimum Gasteiger partial charge on any atom is -0.462 e. The molecule has 0 N–H and O–H groups in total. The van der Waals surface area contributed by atoms with Gasteiger partial charge in [-0.25, -0.2) is 0 Å². The topological polar surface area (TPSA) is 78.9 Å². The van der Waals surface area contributed by atoms with Gasteiger partial charge in [0.1, 0.15) is 13.2 Å². The summed E-state index contributed by atoms with van der Waals surface area (Å²) in [5.74, 6) is -0.946. The Bertz CT molecular complexity index is 876. The first-order valence-electron chi connectivity index (χ1n) is 21.5. The number of hydrogen-bond acceptors (Lipinski definition) is 6. The molecule has 6 heteroatoms. The summed E-state index contributed by atoms with van der Waals surface area (Å²) in [6, 6.07) is 0. The molecule has 0 aliphatic carbocycles. The Morgan fingerprint density at radius 1 is 0.373 bits per heavy atom. The fourth-order valence-electron chi connectivity index (χ4n) is 5.79. The molecule has 0 aromatic rings. The Morgan fingerprint density at radius 2 is 0.667 bits per heavy atom. The van der Waals surface area contributed by atoms with Gasteiger partial charge in [0.15, 0.2) is 6.10 Å². The zero-order valence-electron chi connectivity index (χ0n) is 33.6. The molecule has 0 fully saturated rings. The first-order valence-corrected chi connectivity index (χ1v) is 21.5. The van der Waals surface area contributed by atoms with Crippen LogP contribution in [0.3, 0.4) is 0 Å². The molecule has 1 unspecified atom stereocenters. The molecule has 0 aromatic heterocycles. The van der Waals surface area contributed by atoms with Crippen LogP contribution in [0.2, 0.25) is 0 Å². The molecule has 0 heterocycles. The predicted molar refractivity (Wildman–Crippen MR) is 215 cm³/mol. The molecule has 0 spiro atoms. The lowest BCUT2D eigenvalue weighted by molar-refractivity contribution is -0.167. The van der Waals surface area contributed by atoms with Gasteiger partial charge in [-0.15, -0.1) is 0 Å². The molecular weight excluding hydrogens is 636 g/mol. The highest BCUT2D eigenvalue weighted by molar-refractivity contribution is 5.71. The van der Waals surface area contributed by atoms with E-state index >= 15 is 0 Å². The second-order valence-electron chi connectivity index (χ2n) is 14.2. The summed E-state index contributed by atoms with van der Waals surface area (Å²) in [6.07, 6.45) is 44.2. The Hall–Kier alpha value is -2.37. The quantitative estimate of drug-likeness (QED) is 0.0274. The smallest absolute Gasteiger partial charge is 0.306 e. The highest BCUT2D eigenvalue weighted by atomic mass is 16.6. The Kier molecular flexibility index (Phi) is 38.5. The third-order valence-electron chi connectivity index (χ3n) is 9.09. The number of ether oxygens (including phenoxy) is 3. The van der Waals surface area contributed by atoms with Gasteiger partial charge in [-0.1, -0.05) is 141 Å². The predicted octanol–water partition coefficient (Wildman–Crippen LogP) is 13.4. The molecule has 0 saturated heterocycles. The van der Waals surface area contributed by atoms with Crippen molar-refractivity contribution in [2.75, 3.05) is 13.2 Å². The molecule has 0 aliphatic heterocycles. The van der Waals surface area contributed by atoms with Crippen LogP contribution in [0.25, 0.3) is 0 Å². The van der Waals surface area contributed by atoms with Crippen LogP contribution in [0, 0.1) is 0 Å². The van der Waals surface area contributed by atoms with Crippen LogP contribution in [-0.2, 0) is 28.6 Å². The van der Waals surface area contributed by atoms with Crippen LogP contribution >= 0.6 is 0 Å². The average molecular weight is 717 g/mol. The molecule has 51 heavy (non-hydrogen) atoms. The molecule has 296 valence electrons. The van der Waals surface area contributed by atoms with E-state index in [0.717, 1.165) is 70.6 Å². The molecule has 1 atom stereocenters. The molecule has 6 nitrogen and oxygen atoms in total.